The molecule has 1 aromatic carbocycles. The van der Waals surface area contributed by atoms with Crippen LogP contribution in [0.4, 0.5) is 11.4 Å². The predicted octanol–water partition coefficient (Wildman–Crippen LogP) is 2.88. The molecule has 0 bridgehead atoms. The van der Waals surface area contributed by atoms with Gasteiger partial charge in [-0.3, -0.25) is 0 Å². The van der Waals surface area contributed by atoms with E-state index in [-0.39, 0.29) is 0 Å². The Labute approximate surface area is 86.9 Å². The third-order valence-electron chi connectivity index (χ3n) is 2.27. The lowest BCUT2D eigenvalue weighted by molar-refractivity contribution is 0.978. The van der Waals surface area contributed by atoms with Gasteiger partial charge in [0.1, 0.15) is 0 Å². The van der Waals surface area contributed by atoms with Crippen molar-refractivity contribution in [3.05, 3.63) is 23.8 Å². The van der Waals surface area contributed by atoms with Crippen LogP contribution in [0.25, 0.3) is 0 Å². The van der Waals surface area contributed by atoms with E-state index in [1.807, 2.05) is 0 Å². The SMILES string of the molecule is CCCNc1ccc(C)c(N(C)C)c1. The van der Waals surface area contributed by atoms with Gasteiger partial charge in [-0.25, -0.2) is 0 Å². The second kappa shape index (κ2) is 4.89. The van der Waals surface area contributed by atoms with E-state index in [2.05, 4.69) is 56.4 Å². The monoisotopic (exact) mass is 192 g/mol. The molecule has 1 rings (SSSR count). The number of aryl methyl sites for hydroxylation is 1. The minimum atomic E-state index is 1.04. The summed E-state index contributed by atoms with van der Waals surface area (Å²) in [5.41, 5.74) is 3.81. The van der Waals surface area contributed by atoms with Gasteiger partial charge in [-0.05, 0) is 31.0 Å². The van der Waals surface area contributed by atoms with E-state index >= 15 is 0 Å². The van der Waals surface area contributed by atoms with Crippen LogP contribution in [0.2, 0.25) is 0 Å². The molecule has 0 aliphatic carbocycles. The lowest BCUT2D eigenvalue weighted by atomic mass is 10.1. The Morgan fingerprint density at radius 1 is 1.29 bits per heavy atom. The fourth-order valence-electron chi connectivity index (χ4n) is 1.47. The van der Waals surface area contributed by atoms with Gasteiger partial charge < -0.3 is 10.2 Å². The minimum Gasteiger partial charge on any atom is -0.385 e. The summed E-state index contributed by atoms with van der Waals surface area (Å²) in [5.74, 6) is 0. The molecular formula is C12H20N2. The average molecular weight is 192 g/mol. The molecule has 0 unspecified atom stereocenters. The largest absolute Gasteiger partial charge is 0.385 e. The average Bonchev–Trinajstić information content (AvgIpc) is 2.16. The molecule has 0 atom stereocenters. The second-order valence-corrected chi connectivity index (χ2v) is 3.82. The van der Waals surface area contributed by atoms with Gasteiger partial charge in [0, 0.05) is 32.0 Å². The van der Waals surface area contributed by atoms with Crippen LogP contribution in [0.3, 0.4) is 0 Å². The molecule has 0 saturated carbocycles. The van der Waals surface area contributed by atoms with Gasteiger partial charge in [-0.1, -0.05) is 13.0 Å². The summed E-state index contributed by atoms with van der Waals surface area (Å²) >= 11 is 0. The molecule has 2 nitrogen and oxygen atoms in total. The molecule has 0 aliphatic rings. The van der Waals surface area contributed by atoms with Crippen LogP contribution in [0.5, 0.6) is 0 Å². The third kappa shape index (κ3) is 2.66. The first-order valence-corrected chi connectivity index (χ1v) is 5.17. The lowest BCUT2D eigenvalue weighted by Gasteiger charge is -2.17. The van der Waals surface area contributed by atoms with E-state index in [1.54, 1.807) is 0 Å². The smallest absolute Gasteiger partial charge is 0.0411 e. The van der Waals surface area contributed by atoms with Crippen LogP contribution >= 0.6 is 0 Å². The van der Waals surface area contributed by atoms with Gasteiger partial charge in [-0.15, -0.1) is 0 Å². The van der Waals surface area contributed by atoms with Crippen LogP contribution in [-0.2, 0) is 0 Å². The molecule has 0 aromatic heterocycles. The first-order chi connectivity index (χ1) is 6.65. The highest BCUT2D eigenvalue weighted by atomic mass is 15.1. The molecule has 1 aromatic rings. The maximum absolute atomic E-state index is 3.39. The van der Waals surface area contributed by atoms with Crippen molar-refractivity contribution < 1.29 is 0 Å². The topological polar surface area (TPSA) is 15.3 Å². The zero-order valence-electron chi connectivity index (χ0n) is 9.59. The van der Waals surface area contributed by atoms with Crippen molar-refractivity contribution in [3.63, 3.8) is 0 Å². The molecule has 0 spiro atoms. The van der Waals surface area contributed by atoms with E-state index in [1.165, 1.54) is 16.9 Å². The summed E-state index contributed by atoms with van der Waals surface area (Å²) in [4.78, 5) is 2.15. The van der Waals surface area contributed by atoms with Gasteiger partial charge in [0.15, 0.2) is 0 Å². The van der Waals surface area contributed by atoms with Gasteiger partial charge in [0.25, 0.3) is 0 Å². The summed E-state index contributed by atoms with van der Waals surface area (Å²) < 4.78 is 0. The fraction of sp³-hybridized carbons (Fsp3) is 0.500. The summed E-state index contributed by atoms with van der Waals surface area (Å²) in [6.07, 6.45) is 1.16. The Kier molecular flexibility index (Phi) is 3.81. The van der Waals surface area contributed by atoms with Crippen LogP contribution < -0.4 is 10.2 Å². The first kappa shape index (κ1) is 10.9. The summed E-state index contributed by atoms with van der Waals surface area (Å²) in [5, 5.41) is 3.39. The Morgan fingerprint density at radius 3 is 2.57 bits per heavy atom. The maximum atomic E-state index is 3.39. The normalized spacial score (nSPS) is 10.0. The molecule has 0 aliphatic heterocycles. The molecule has 0 heterocycles. The molecule has 78 valence electrons. The molecule has 0 radical (unpaired) electrons. The zero-order valence-corrected chi connectivity index (χ0v) is 9.59. The van der Waals surface area contributed by atoms with Crippen molar-refractivity contribution >= 4 is 11.4 Å². The molecular weight excluding hydrogens is 172 g/mol. The highest BCUT2D eigenvalue weighted by Gasteiger charge is 2.01. The quantitative estimate of drug-likeness (QED) is 0.789. The molecule has 0 fully saturated rings. The van der Waals surface area contributed by atoms with Crippen molar-refractivity contribution in [2.24, 2.45) is 0 Å². The highest BCUT2D eigenvalue weighted by Crippen LogP contribution is 2.22. The number of hydrogen-bond acceptors (Lipinski definition) is 2. The molecule has 0 amide bonds. The van der Waals surface area contributed by atoms with Gasteiger partial charge in [0.05, 0.1) is 0 Å². The molecule has 0 saturated heterocycles. The first-order valence-electron chi connectivity index (χ1n) is 5.17. The van der Waals surface area contributed by atoms with Crippen LogP contribution in [-0.4, -0.2) is 20.6 Å². The van der Waals surface area contributed by atoms with Gasteiger partial charge in [0.2, 0.25) is 0 Å². The third-order valence-corrected chi connectivity index (χ3v) is 2.27. The van der Waals surface area contributed by atoms with Crippen molar-refractivity contribution in [2.45, 2.75) is 20.3 Å². The summed E-state index contributed by atoms with van der Waals surface area (Å²) in [7, 11) is 4.15. The number of nitrogens with zero attached hydrogens (tertiary/aromatic N) is 1. The van der Waals surface area contributed by atoms with Crippen LogP contribution in [0, 0.1) is 6.92 Å². The van der Waals surface area contributed by atoms with E-state index < -0.39 is 0 Å². The van der Waals surface area contributed by atoms with Crippen molar-refractivity contribution in [3.8, 4) is 0 Å². The van der Waals surface area contributed by atoms with Gasteiger partial charge in [-0.2, -0.15) is 0 Å². The lowest BCUT2D eigenvalue weighted by Crippen LogP contribution is -2.11. The fourth-order valence-corrected chi connectivity index (χ4v) is 1.47. The number of anilines is 2. The molecule has 2 heteroatoms. The highest BCUT2D eigenvalue weighted by molar-refractivity contribution is 5.61. The Hall–Kier alpha value is -1.18. The summed E-state index contributed by atoms with van der Waals surface area (Å²) in [6, 6.07) is 6.50. The Morgan fingerprint density at radius 2 is 2.00 bits per heavy atom. The van der Waals surface area contributed by atoms with Crippen LogP contribution in [0.15, 0.2) is 18.2 Å². The minimum absolute atomic E-state index is 1.04. The van der Waals surface area contributed by atoms with E-state index in [0.29, 0.717) is 0 Å². The summed E-state index contributed by atoms with van der Waals surface area (Å²) in [6.45, 7) is 5.35. The van der Waals surface area contributed by atoms with Crippen molar-refractivity contribution in [2.75, 3.05) is 30.9 Å². The predicted molar refractivity (Wildman–Crippen MR) is 64.3 cm³/mol. The van der Waals surface area contributed by atoms with E-state index in [0.717, 1.165) is 13.0 Å². The molecule has 14 heavy (non-hydrogen) atoms. The van der Waals surface area contributed by atoms with E-state index in [9.17, 15) is 0 Å². The number of rotatable bonds is 4. The Balaban J connectivity index is 2.83. The zero-order chi connectivity index (χ0) is 10.6. The standard InChI is InChI=1S/C12H20N2/c1-5-8-13-11-7-6-10(2)12(9-11)14(3)4/h6-7,9,13H,5,8H2,1-4H3. The Bertz CT molecular complexity index is 292. The number of hydrogen-bond donors (Lipinski definition) is 1. The second-order valence-electron chi connectivity index (χ2n) is 3.82. The van der Waals surface area contributed by atoms with E-state index in [4.69, 9.17) is 0 Å². The maximum Gasteiger partial charge on any atom is 0.0411 e. The number of benzene rings is 1. The van der Waals surface area contributed by atoms with Crippen molar-refractivity contribution in [1.82, 2.24) is 0 Å². The van der Waals surface area contributed by atoms with Gasteiger partial charge >= 0.3 is 0 Å². The number of nitrogens with one attached hydrogen (secondary N) is 1. The van der Waals surface area contributed by atoms with Crippen LogP contribution in [0.1, 0.15) is 18.9 Å². The van der Waals surface area contributed by atoms with Crippen molar-refractivity contribution in [1.29, 1.82) is 0 Å². The molecule has 1 N–H and O–H groups in total.